The van der Waals surface area contributed by atoms with Crippen molar-refractivity contribution in [1.29, 1.82) is 0 Å². The Kier molecular flexibility index (Phi) is 4.28. The number of hydrogen-bond donors (Lipinski definition) is 1. The summed E-state index contributed by atoms with van der Waals surface area (Å²) in [4.78, 5) is 16.4. The van der Waals surface area contributed by atoms with Crippen LogP contribution in [0.2, 0.25) is 0 Å². The second-order valence-corrected chi connectivity index (χ2v) is 6.09. The van der Waals surface area contributed by atoms with Crippen LogP contribution in [-0.2, 0) is 4.79 Å². The predicted octanol–water partition coefficient (Wildman–Crippen LogP) is 1.66. The highest BCUT2D eigenvalue weighted by Gasteiger charge is 2.45. The summed E-state index contributed by atoms with van der Waals surface area (Å²) < 4.78 is 0. The third-order valence-corrected chi connectivity index (χ3v) is 4.77. The monoisotopic (exact) mass is 254 g/mol. The lowest BCUT2D eigenvalue weighted by Crippen LogP contribution is -2.44. The van der Waals surface area contributed by atoms with Crippen molar-refractivity contribution in [2.75, 3.05) is 33.2 Å². The van der Waals surface area contributed by atoms with Crippen LogP contribution >= 0.6 is 0 Å². The molecule has 0 aliphatic carbocycles. The maximum Gasteiger partial charge on any atom is 0.310 e. The van der Waals surface area contributed by atoms with E-state index in [0.29, 0.717) is 6.04 Å². The number of carboxylic acids is 1. The first kappa shape index (κ1) is 13.8. The molecule has 18 heavy (non-hydrogen) atoms. The zero-order chi connectivity index (χ0) is 13.2. The topological polar surface area (TPSA) is 43.8 Å². The summed E-state index contributed by atoms with van der Waals surface area (Å²) >= 11 is 0. The molecule has 2 fully saturated rings. The fraction of sp³-hybridized carbons (Fsp3) is 0.929. The summed E-state index contributed by atoms with van der Waals surface area (Å²) in [5.74, 6) is -0.584. The molecule has 0 aromatic rings. The van der Waals surface area contributed by atoms with Crippen LogP contribution in [0.4, 0.5) is 0 Å². The number of carboxylic acid groups (broad SMARTS) is 1. The largest absolute Gasteiger partial charge is 0.481 e. The highest BCUT2D eigenvalue weighted by atomic mass is 16.4. The molecule has 0 saturated carbocycles. The smallest absolute Gasteiger partial charge is 0.310 e. The van der Waals surface area contributed by atoms with Gasteiger partial charge in [-0.2, -0.15) is 0 Å². The summed E-state index contributed by atoms with van der Waals surface area (Å²) in [5, 5.41) is 9.52. The molecule has 1 N–H and O–H groups in total. The standard InChI is InChI=1S/C14H26N2O2/c1-3-6-14(13(17)18)7-10-16(11-14)12-4-8-15(2)9-5-12/h12H,3-11H2,1-2H3,(H,17,18). The Balaban J connectivity index is 1.96. The maximum atomic E-state index is 11.6. The van der Waals surface area contributed by atoms with Crippen molar-refractivity contribution in [3.05, 3.63) is 0 Å². The van der Waals surface area contributed by atoms with Gasteiger partial charge in [-0.15, -0.1) is 0 Å². The molecule has 2 aliphatic heterocycles. The average molecular weight is 254 g/mol. The molecule has 0 aromatic carbocycles. The van der Waals surface area contributed by atoms with E-state index in [0.717, 1.165) is 45.4 Å². The van der Waals surface area contributed by atoms with Gasteiger partial charge >= 0.3 is 5.97 Å². The number of hydrogen-bond acceptors (Lipinski definition) is 3. The molecular formula is C14H26N2O2. The van der Waals surface area contributed by atoms with Gasteiger partial charge in [0.2, 0.25) is 0 Å². The van der Waals surface area contributed by atoms with Gasteiger partial charge in [-0.25, -0.2) is 0 Å². The van der Waals surface area contributed by atoms with E-state index < -0.39 is 11.4 Å². The molecule has 0 bridgehead atoms. The second kappa shape index (κ2) is 5.57. The minimum absolute atomic E-state index is 0.460. The number of rotatable bonds is 4. The molecule has 1 unspecified atom stereocenters. The Hall–Kier alpha value is -0.610. The van der Waals surface area contributed by atoms with Crippen molar-refractivity contribution < 1.29 is 9.90 Å². The quantitative estimate of drug-likeness (QED) is 0.828. The first-order chi connectivity index (χ1) is 8.57. The molecule has 2 heterocycles. The van der Waals surface area contributed by atoms with E-state index in [-0.39, 0.29) is 0 Å². The lowest BCUT2D eigenvalue weighted by Gasteiger charge is -2.36. The zero-order valence-electron chi connectivity index (χ0n) is 11.7. The molecule has 0 aromatic heterocycles. The summed E-state index contributed by atoms with van der Waals surface area (Å²) in [6, 6.07) is 0.610. The summed E-state index contributed by atoms with van der Waals surface area (Å²) in [7, 11) is 2.17. The van der Waals surface area contributed by atoms with Gasteiger partial charge in [0, 0.05) is 12.6 Å². The molecule has 4 nitrogen and oxygen atoms in total. The van der Waals surface area contributed by atoms with Crippen LogP contribution in [-0.4, -0.2) is 60.1 Å². The van der Waals surface area contributed by atoms with Crippen molar-refractivity contribution in [2.24, 2.45) is 5.41 Å². The fourth-order valence-electron chi connectivity index (χ4n) is 3.54. The van der Waals surface area contributed by atoms with Crippen LogP contribution in [0.5, 0.6) is 0 Å². The minimum Gasteiger partial charge on any atom is -0.481 e. The second-order valence-electron chi connectivity index (χ2n) is 6.09. The number of aliphatic carboxylic acids is 1. The normalized spacial score (nSPS) is 31.9. The highest BCUT2D eigenvalue weighted by molar-refractivity contribution is 5.75. The molecule has 0 radical (unpaired) electrons. The predicted molar refractivity (Wildman–Crippen MR) is 71.7 cm³/mol. The molecule has 4 heteroatoms. The zero-order valence-corrected chi connectivity index (χ0v) is 11.7. The molecule has 2 aliphatic rings. The SMILES string of the molecule is CCCC1(C(=O)O)CCN(C2CCN(C)CC2)C1. The molecule has 0 amide bonds. The van der Waals surface area contributed by atoms with Crippen molar-refractivity contribution in [3.8, 4) is 0 Å². The van der Waals surface area contributed by atoms with E-state index in [1.165, 1.54) is 12.8 Å². The third-order valence-electron chi connectivity index (χ3n) is 4.77. The van der Waals surface area contributed by atoms with Gasteiger partial charge in [0.15, 0.2) is 0 Å². The van der Waals surface area contributed by atoms with E-state index in [4.69, 9.17) is 0 Å². The number of nitrogens with zero attached hydrogens (tertiary/aromatic N) is 2. The van der Waals surface area contributed by atoms with Crippen LogP contribution in [0.1, 0.15) is 39.0 Å². The van der Waals surface area contributed by atoms with Crippen molar-refractivity contribution in [3.63, 3.8) is 0 Å². The van der Waals surface area contributed by atoms with Crippen molar-refractivity contribution in [1.82, 2.24) is 9.80 Å². The van der Waals surface area contributed by atoms with Crippen LogP contribution in [0.3, 0.4) is 0 Å². The van der Waals surface area contributed by atoms with E-state index >= 15 is 0 Å². The van der Waals surface area contributed by atoms with Crippen molar-refractivity contribution >= 4 is 5.97 Å². The Bertz CT molecular complexity index is 300. The van der Waals surface area contributed by atoms with Crippen LogP contribution < -0.4 is 0 Å². The lowest BCUT2D eigenvalue weighted by atomic mass is 9.82. The van der Waals surface area contributed by atoms with Gasteiger partial charge in [0.1, 0.15) is 0 Å². The maximum absolute atomic E-state index is 11.6. The van der Waals surface area contributed by atoms with Crippen LogP contribution in [0.25, 0.3) is 0 Å². The van der Waals surface area contributed by atoms with Crippen LogP contribution in [0.15, 0.2) is 0 Å². The molecule has 0 spiro atoms. The Morgan fingerprint density at radius 2 is 2.00 bits per heavy atom. The summed E-state index contributed by atoms with van der Waals surface area (Å²) in [6.07, 6.45) is 5.01. The van der Waals surface area contributed by atoms with Crippen molar-refractivity contribution in [2.45, 2.75) is 45.1 Å². The van der Waals surface area contributed by atoms with Gasteiger partial charge in [-0.3, -0.25) is 9.69 Å². The number of carbonyl (C=O) groups is 1. The van der Waals surface area contributed by atoms with E-state index in [1.807, 2.05) is 0 Å². The van der Waals surface area contributed by atoms with Gasteiger partial charge in [-0.1, -0.05) is 13.3 Å². The van der Waals surface area contributed by atoms with E-state index in [1.54, 1.807) is 0 Å². The lowest BCUT2D eigenvalue weighted by molar-refractivity contribution is -0.148. The Labute approximate surface area is 110 Å². The number of likely N-dealkylation sites (tertiary alicyclic amines) is 2. The summed E-state index contributed by atoms with van der Waals surface area (Å²) in [6.45, 7) is 6.12. The molecule has 104 valence electrons. The first-order valence-electron chi connectivity index (χ1n) is 7.23. The van der Waals surface area contributed by atoms with Gasteiger partial charge in [0.05, 0.1) is 5.41 Å². The highest BCUT2D eigenvalue weighted by Crippen LogP contribution is 2.37. The Morgan fingerprint density at radius 1 is 1.33 bits per heavy atom. The third kappa shape index (κ3) is 2.69. The van der Waals surface area contributed by atoms with Gasteiger partial charge < -0.3 is 10.0 Å². The summed E-state index contributed by atoms with van der Waals surface area (Å²) in [5.41, 5.74) is -0.460. The van der Waals surface area contributed by atoms with E-state index in [9.17, 15) is 9.90 Å². The first-order valence-corrected chi connectivity index (χ1v) is 7.23. The molecular weight excluding hydrogens is 228 g/mol. The van der Waals surface area contributed by atoms with E-state index in [2.05, 4.69) is 23.8 Å². The average Bonchev–Trinajstić information content (AvgIpc) is 2.76. The minimum atomic E-state index is -0.584. The molecule has 1 atom stereocenters. The van der Waals surface area contributed by atoms with Crippen LogP contribution in [0, 0.1) is 5.41 Å². The number of piperidine rings is 1. The molecule has 2 saturated heterocycles. The molecule has 2 rings (SSSR count). The fourth-order valence-corrected chi connectivity index (χ4v) is 3.54. The van der Waals surface area contributed by atoms with Gasteiger partial charge in [-0.05, 0) is 52.4 Å². The van der Waals surface area contributed by atoms with Gasteiger partial charge in [0.25, 0.3) is 0 Å². The Morgan fingerprint density at radius 3 is 2.56 bits per heavy atom.